The summed E-state index contributed by atoms with van der Waals surface area (Å²) in [7, 11) is 3.96. The van der Waals surface area contributed by atoms with Crippen LogP contribution in [0.5, 0.6) is 11.5 Å². The fraction of sp³-hybridized carbons (Fsp3) is 0.211. The second-order valence-electron chi connectivity index (χ2n) is 5.70. The number of carbonyl (C=O) groups is 2. The normalized spacial score (nSPS) is 11.2. The number of aliphatic carboxylic acids is 1. The lowest BCUT2D eigenvalue weighted by Crippen LogP contribution is -2.21. The highest BCUT2D eigenvalue weighted by atomic mass is 16.5. The first-order valence-electron chi connectivity index (χ1n) is 8.10. The van der Waals surface area contributed by atoms with Crippen molar-refractivity contribution in [2.24, 2.45) is 5.73 Å². The first kappa shape index (κ1) is 20.6. The van der Waals surface area contributed by atoms with Gasteiger partial charge in [0.1, 0.15) is 11.4 Å². The predicted octanol–water partition coefficient (Wildman–Crippen LogP) is 2.01. The Morgan fingerprint density at radius 2 is 1.75 bits per heavy atom. The van der Waals surface area contributed by atoms with Crippen molar-refractivity contribution in [1.29, 1.82) is 5.41 Å². The quantitative estimate of drug-likeness (QED) is 0.306. The van der Waals surface area contributed by atoms with Crippen molar-refractivity contribution in [3.63, 3.8) is 0 Å². The minimum absolute atomic E-state index is 0.0410. The van der Waals surface area contributed by atoms with Crippen LogP contribution in [0.2, 0.25) is 0 Å². The smallest absolute Gasteiger partial charge is 0.341 e. The van der Waals surface area contributed by atoms with Gasteiger partial charge in [0.2, 0.25) is 0 Å². The average Bonchev–Trinajstić information content (AvgIpc) is 2.70. The summed E-state index contributed by atoms with van der Waals surface area (Å²) in [5.41, 5.74) is 6.73. The zero-order valence-corrected chi connectivity index (χ0v) is 15.6. The van der Waals surface area contributed by atoms with Crippen LogP contribution in [-0.4, -0.2) is 44.2 Å². The molecule has 9 heteroatoms. The summed E-state index contributed by atoms with van der Waals surface area (Å²) >= 11 is 0. The number of carboxylic acids is 1. The second kappa shape index (κ2) is 8.76. The molecule has 2 rings (SSSR count). The molecular weight excluding hydrogens is 366 g/mol. The Bertz CT molecular complexity index is 895. The summed E-state index contributed by atoms with van der Waals surface area (Å²) in [5.74, 6) is -1.61. The van der Waals surface area contributed by atoms with Crippen LogP contribution in [0.25, 0.3) is 0 Å². The highest BCUT2D eigenvalue weighted by Gasteiger charge is 2.26. The van der Waals surface area contributed by atoms with E-state index in [9.17, 15) is 14.7 Å². The molecule has 0 amide bonds. The highest BCUT2D eigenvalue weighted by Crippen LogP contribution is 2.36. The van der Waals surface area contributed by atoms with E-state index in [4.69, 9.17) is 25.4 Å². The van der Waals surface area contributed by atoms with Crippen LogP contribution in [0, 0.1) is 5.41 Å². The van der Waals surface area contributed by atoms with Gasteiger partial charge in [-0.1, -0.05) is 0 Å². The van der Waals surface area contributed by atoms with Gasteiger partial charge < -0.3 is 30.4 Å². The van der Waals surface area contributed by atoms with Gasteiger partial charge in [-0.2, -0.15) is 0 Å². The number of nitrogens with two attached hydrogens (primary N) is 1. The number of ether oxygens (including phenoxy) is 3. The van der Waals surface area contributed by atoms with E-state index in [-0.39, 0.29) is 28.5 Å². The average molecular weight is 387 g/mol. The van der Waals surface area contributed by atoms with Crippen LogP contribution in [0.15, 0.2) is 36.4 Å². The molecule has 9 nitrogen and oxygen atoms in total. The van der Waals surface area contributed by atoms with Gasteiger partial charge in [0.15, 0.2) is 17.5 Å². The van der Waals surface area contributed by atoms with Crippen LogP contribution in [0.4, 0.5) is 5.69 Å². The number of anilines is 1. The third-order valence-corrected chi connectivity index (χ3v) is 3.99. The molecular formula is C19H21N3O6. The van der Waals surface area contributed by atoms with Crippen LogP contribution in [-0.2, 0) is 9.53 Å². The summed E-state index contributed by atoms with van der Waals surface area (Å²) in [6.07, 6.45) is 0. The molecule has 1 atom stereocenters. The molecule has 148 valence electrons. The van der Waals surface area contributed by atoms with Crippen LogP contribution in [0.1, 0.15) is 27.5 Å². The first-order valence-corrected chi connectivity index (χ1v) is 8.10. The second-order valence-corrected chi connectivity index (χ2v) is 5.70. The molecule has 0 saturated heterocycles. The monoisotopic (exact) mass is 387 g/mol. The number of esters is 1. The number of rotatable bonds is 8. The lowest BCUT2D eigenvalue weighted by molar-refractivity contribution is -0.138. The van der Waals surface area contributed by atoms with Gasteiger partial charge in [-0.05, 0) is 42.0 Å². The third-order valence-electron chi connectivity index (χ3n) is 3.99. The third kappa shape index (κ3) is 4.32. The molecule has 2 aromatic rings. The van der Waals surface area contributed by atoms with Gasteiger partial charge in [-0.15, -0.1) is 0 Å². The van der Waals surface area contributed by atoms with Gasteiger partial charge in [0.25, 0.3) is 0 Å². The van der Waals surface area contributed by atoms with Gasteiger partial charge in [-0.25, -0.2) is 9.59 Å². The van der Waals surface area contributed by atoms with Crippen molar-refractivity contribution in [2.45, 2.75) is 6.04 Å². The Balaban J connectivity index is 2.49. The summed E-state index contributed by atoms with van der Waals surface area (Å²) in [5, 5.41) is 20.0. The van der Waals surface area contributed by atoms with E-state index in [2.05, 4.69) is 5.32 Å². The Labute approximate surface area is 161 Å². The molecule has 0 aromatic heterocycles. The maximum Gasteiger partial charge on any atom is 0.341 e. The van der Waals surface area contributed by atoms with Crippen LogP contribution < -0.4 is 20.5 Å². The molecule has 5 N–H and O–H groups in total. The summed E-state index contributed by atoms with van der Waals surface area (Å²) in [6.45, 7) is 0. The van der Waals surface area contributed by atoms with Crippen LogP contribution >= 0.6 is 0 Å². The predicted molar refractivity (Wildman–Crippen MR) is 102 cm³/mol. The van der Waals surface area contributed by atoms with E-state index in [1.165, 1.54) is 33.5 Å². The highest BCUT2D eigenvalue weighted by molar-refractivity contribution is 5.95. The molecule has 28 heavy (non-hydrogen) atoms. The number of carbonyl (C=O) groups excluding carboxylic acids is 1. The number of methoxy groups -OCH3 is 3. The van der Waals surface area contributed by atoms with Gasteiger partial charge >= 0.3 is 11.9 Å². The Hall–Kier alpha value is -3.75. The van der Waals surface area contributed by atoms with Crippen molar-refractivity contribution in [3.8, 4) is 11.5 Å². The molecule has 0 saturated carbocycles. The number of hydrogen-bond acceptors (Lipinski definition) is 7. The number of nitrogens with one attached hydrogen (secondary N) is 2. The molecule has 0 bridgehead atoms. The molecule has 0 aliphatic carbocycles. The molecule has 0 fully saturated rings. The molecule has 0 aliphatic heterocycles. The van der Waals surface area contributed by atoms with E-state index in [1.54, 1.807) is 24.3 Å². The maximum absolute atomic E-state index is 12.1. The van der Waals surface area contributed by atoms with E-state index < -0.39 is 18.0 Å². The number of amidine groups is 1. The summed E-state index contributed by atoms with van der Waals surface area (Å²) in [6, 6.07) is 8.06. The van der Waals surface area contributed by atoms with Crippen molar-refractivity contribution >= 4 is 23.5 Å². The van der Waals surface area contributed by atoms with Gasteiger partial charge in [0, 0.05) is 11.3 Å². The molecule has 0 aliphatic rings. The number of nitrogen functional groups attached to an aromatic ring is 1. The first-order chi connectivity index (χ1) is 13.3. The topological polar surface area (TPSA) is 144 Å². The van der Waals surface area contributed by atoms with E-state index in [1.807, 2.05) is 0 Å². The van der Waals surface area contributed by atoms with E-state index in [0.29, 0.717) is 11.3 Å². The van der Waals surface area contributed by atoms with Crippen molar-refractivity contribution in [3.05, 3.63) is 53.1 Å². The SMILES string of the molecule is COC(=O)c1cc(C(Nc2ccc(C(=N)N)cc2)C(=O)O)cc(OC)c1OC. The zero-order valence-electron chi connectivity index (χ0n) is 15.6. The molecule has 0 heterocycles. The van der Waals surface area contributed by atoms with Crippen LogP contribution in [0.3, 0.4) is 0 Å². The van der Waals surface area contributed by atoms with Crippen molar-refractivity contribution in [2.75, 3.05) is 26.6 Å². The fourth-order valence-electron chi connectivity index (χ4n) is 2.61. The standard InChI is InChI=1S/C19H21N3O6/c1-26-14-9-11(8-13(16(14)27-2)19(25)28-3)15(18(23)24)22-12-6-4-10(5-7-12)17(20)21/h4-9,15,22H,1-3H3,(H3,20,21)(H,23,24). The molecule has 0 radical (unpaired) electrons. The Morgan fingerprint density at radius 1 is 1.11 bits per heavy atom. The fourth-order valence-corrected chi connectivity index (χ4v) is 2.61. The summed E-state index contributed by atoms with van der Waals surface area (Å²) < 4.78 is 15.2. The molecule has 1 unspecified atom stereocenters. The number of benzene rings is 2. The lowest BCUT2D eigenvalue weighted by atomic mass is 10.0. The molecule has 2 aromatic carbocycles. The van der Waals surface area contributed by atoms with E-state index in [0.717, 1.165) is 0 Å². The number of carboxylic acid groups (broad SMARTS) is 1. The largest absolute Gasteiger partial charge is 0.493 e. The number of hydrogen-bond donors (Lipinski definition) is 4. The maximum atomic E-state index is 12.1. The van der Waals surface area contributed by atoms with E-state index >= 15 is 0 Å². The van der Waals surface area contributed by atoms with Crippen molar-refractivity contribution < 1.29 is 28.9 Å². The lowest BCUT2D eigenvalue weighted by Gasteiger charge is -2.20. The minimum atomic E-state index is -1.19. The van der Waals surface area contributed by atoms with Gasteiger partial charge in [0.05, 0.1) is 21.3 Å². The summed E-state index contributed by atoms with van der Waals surface area (Å²) in [4.78, 5) is 24.0. The molecule has 0 spiro atoms. The van der Waals surface area contributed by atoms with Crippen molar-refractivity contribution in [1.82, 2.24) is 0 Å². The minimum Gasteiger partial charge on any atom is -0.493 e. The van der Waals surface area contributed by atoms with Gasteiger partial charge in [-0.3, -0.25) is 5.41 Å². The Morgan fingerprint density at radius 3 is 2.21 bits per heavy atom. The Kier molecular flexibility index (Phi) is 6.43. The zero-order chi connectivity index (χ0) is 20.8.